The van der Waals surface area contributed by atoms with Crippen molar-refractivity contribution in [1.82, 2.24) is 5.32 Å². The second-order valence-electron chi connectivity index (χ2n) is 6.52. The van der Waals surface area contributed by atoms with Crippen LogP contribution >= 0.6 is 0 Å². The van der Waals surface area contributed by atoms with E-state index < -0.39 is 11.5 Å². The summed E-state index contributed by atoms with van der Waals surface area (Å²) in [7, 11) is 0. The number of aliphatic carboxylic acids is 1. The molecule has 0 aliphatic heterocycles. The van der Waals surface area contributed by atoms with E-state index in [2.05, 4.69) is 36.5 Å². The molecule has 0 heterocycles. The smallest absolute Gasteiger partial charge is 0.303 e. The van der Waals surface area contributed by atoms with Crippen molar-refractivity contribution in [3.63, 3.8) is 0 Å². The Bertz CT molecular complexity index is 492. The Morgan fingerprint density at radius 1 is 1.09 bits per heavy atom. The van der Waals surface area contributed by atoms with Gasteiger partial charge in [-0.3, -0.25) is 9.59 Å². The first kappa shape index (κ1) is 18.2. The van der Waals surface area contributed by atoms with Gasteiger partial charge in [0.05, 0.1) is 0 Å². The highest BCUT2D eigenvalue weighted by Gasteiger charge is 2.21. The van der Waals surface area contributed by atoms with E-state index in [0.29, 0.717) is 12.8 Å². The van der Waals surface area contributed by atoms with E-state index in [1.54, 1.807) is 0 Å². The summed E-state index contributed by atoms with van der Waals surface area (Å²) < 4.78 is 0. The van der Waals surface area contributed by atoms with Gasteiger partial charge in [0.2, 0.25) is 5.91 Å². The topological polar surface area (TPSA) is 66.4 Å². The van der Waals surface area contributed by atoms with Gasteiger partial charge in [0, 0.05) is 18.4 Å². The van der Waals surface area contributed by atoms with Crippen molar-refractivity contribution < 1.29 is 14.7 Å². The number of carboxylic acids is 1. The SMILES string of the molecule is Cc1ccc(CCCCC(=O)NC(C)(C)CCC(=O)O)cc1. The van der Waals surface area contributed by atoms with Gasteiger partial charge in [0.25, 0.3) is 0 Å². The zero-order valence-electron chi connectivity index (χ0n) is 13.8. The third-order valence-electron chi connectivity index (χ3n) is 3.68. The molecule has 0 atom stereocenters. The maximum absolute atomic E-state index is 11.9. The fourth-order valence-electron chi connectivity index (χ4n) is 2.29. The molecular formula is C18H27NO3. The number of carboxylic acid groups (broad SMARTS) is 1. The zero-order chi connectivity index (χ0) is 16.6. The number of carbonyl (C=O) groups is 2. The Hall–Kier alpha value is -1.84. The van der Waals surface area contributed by atoms with Crippen molar-refractivity contribution in [2.45, 2.75) is 64.8 Å². The minimum Gasteiger partial charge on any atom is -0.481 e. The fourth-order valence-corrected chi connectivity index (χ4v) is 2.29. The lowest BCUT2D eigenvalue weighted by atomic mass is 9.98. The van der Waals surface area contributed by atoms with Gasteiger partial charge in [0.15, 0.2) is 0 Å². The van der Waals surface area contributed by atoms with Crippen molar-refractivity contribution in [2.24, 2.45) is 0 Å². The standard InChI is InChI=1S/C18H27NO3/c1-14-8-10-15(11-9-14)6-4-5-7-16(20)19-18(2,3)13-12-17(21)22/h8-11H,4-7,12-13H2,1-3H3,(H,19,20)(H,21,22). The van der Waals surface area contributed by atoms with Gasteiger partial charge < -0.3 is 10.4 Å². The first-order valence-corrected chi connectivity index (χ1v) is 7.87. The fraction of sp³-hybridized carbons (Fsp3) is 0.556. The summed E-state index contributed by atoms with van der Waals surface area (Å²) in [6.07, 6.45) is 3.80. The summed E-state index contributed by atoms with van der Waals surface area (Å²) in [6, 6.07) is 8.47. The second-order valence-corrected chi connectivity index (χ2v) is 6.52. The van der Waals surface area contributed by atoms with Crippen molar-refractivity contribution in [2.75, 3.05) is 0 Å². The molecule has 2 N–H and O–H groups in total. The Morgan fingerprint density at radius 2 is 1.73 bits per heavy atom. The van der Waals surface area contributed by atoms with Crippen LogP contribution in [-0.2, 0) is 16.0 Å². The Kier molecular flexibility index (Phi) is 7.09. The van der Waals surface area contributed by atoms with Crippen LogP contribution in [0.1, 0.15) is 57.1 Å². The second kappa shape index (κ2) is 8.57. The predicted octanol–water partition coefficient (Wildman–Crippen LogP) is 3.47. The third-order valence-corrected chi connectivity index (χ3v) is 3.68. The minimum absolute atomic E-state index is 0.000653. The van der Waals surface area contributed by atoms with E-state index >= 15 is 0 Å². The summed E-state index contributed by atoms with van der Waals surface area (Å²) in [5, 5.41) is 11.6. The first-order valence-electron chi connectivity index (χ1n) is 7.87. The number of hydrogen-bond donors (Lipinski definition) is 2. The molecule has 1 aromatic rings. The van der Waals surface area contributed by atoms with Crippen LogP contribution in [0.2, 0.25) is 0 Å². The largest absolute Gasteiger partial charge is 0.481 e. The average Bonchev–Trinajstić information content (AvgIpc) is 2.43. The van der Waals surface area contributed by atoms with Crippen molar-refractivity contribution >= 4 is 11.9 Å². The Morgan fingerprint density at radius 3 is 2.32 bits per heavy atom. The van der Waals surface area contributed by atoms with Gasteiger partial charge in [-0.05, 0) is 52.0 Å². The van der Waals surface area contributed by atoms with Gasteiger partial charge in [0.1, 0.15) is 0 Å². The van der Waals surface area contributed by atoms with E-state index in [0.717, 1.165) is 19.3 Å². The number of aryl methyl sites for hydroxylation is 2. The normalized spacial score (nSPS) is 11.2. The highest BCUT2D eigenvalue weighted by atomic mass is 16.4. The van der Waals surface area contributed by atoms with Crippen molar-refractivity contribution in [3.05, 3.63) is 35.4 Å². The summed E-state index contributed by atoms with van der Waals surface area (Å²) in [4.78, 5) is 22.5. The number of unbranched alkanes of at least 4 members (excludes halogenated alkanes) is 1. The van der Waals surface area contributed by atoms with E-state index in [-0.39, 0.29) is 12.3 Å². The molecule has 0 unspecified atom stereocenters. The molecule has 0 saturated heterocycles. The molecule has 22 heavy (non-hydrogen) atoms. The molecule has 4 nitrogen and oxygen atoms in total. The highest BCUT2D eigenvalue weighted by molar-refractivity contribution is 5.76. The molecule has 1 aromatic carbocycles. The number of nitrogens with one attached hydrogen (secondary N) is 1. The van der Waals surface area contributed by atoms with E-state index in [1.807, 2.05) is 13.8 Å². The summed E-state index contributed by atoms with van der Waals surface area (Å²) >= 11 is 0. The van der Waals surface area contributed by atoms with Gasteiger partial charge in [-0.1, -0.05) is 29.8 Å². The van der Waals surface area contributed by atoms with Crippen molar-refractivity contribution in [3.8, 4) is 0 Å². The van der Waals surface area contributed by atoms with Crippen LogP contribution in [0.3, 0.4) is 0 Å². The molecule has 0 aliphatic carbocycles. The Labute approximate surface area is 132 Å². The summed E-state index contributed by atoms with van der Waals surface area (Å²) in [5.74, 6) is -0.834. The van der Waals surface area contributed by atoms with Crippen LogP contribution in [0.15, 0.2) is 24.3 Å². The molecule has 0 aliphatic rings. The number of carbonyl (C=O) groups excluding carboxylic acids is 1. The molecular weight excluding hydrogens is 278 g/mol. The molecule has 4 heteroatoms. The lowest BCUT2D eigenvalue weighted by Gasteiger charge is -2.25. The van der Waals surface area contributed by atoms with E-state index in [1.165, 1.54) is 11.1 Å². The summed E-state index contributed by atoms with van der Waals surface area (Å²) in [6.45, 7) is 5.79. The van der Waals surface area contributed by atoms with Crippen molar-refractivity contribution in [1.29, 1.82) is 0 Å². The zero-order valence-corrected chi connectivity index (χ0v) is 13.8. The maximum Gasteiger partial charge on any atom is 0.303 e. The highest BCUT2D eigenvalue weighted by Crippen LogP contribution is 2.13. The van der Waals surface area contributed by atoms with Crippen LogP contribution in [0.25, 0.3) is 0 Å². The maximum atomic E-state index is 11.9. The number of rotatable bonds is 9. The molecule has 0 radical (unpaired) electrons. The molecule has 122 valence electrons. The average molecular weight is 305 g/mol. The lowest BCUT2D eigenvalue weighted by Crippen LogP contribution is -2.43. The summed E-state index contributed by atoms with van der Waals surface area (Å²) in [5.41, 5.74) is 2.09. The van der Waals surface area contributed by atoms with Gasteiger partial charge in [-0.2, -0.15) is 0 Å². The van der Waals surface area contributed by atoms with E-state index in [9.17, 15) is 9.59 Å². The quantitative estimate of drug-likeness (QED) is 0.687. The molecule has 0 aromatic heterocycles. The predicted molar refractivity (Wildman–Crippen MR) is 87.8 cm³/mol. The van der Waals surface area contributed by atoms with Crippen LogP contribution in [0, 0.1) is 6.92 Å². The Balaban J connectivity index is 2.22. The van der Waals surface area contributed by atoms with Gasteiger partial charge >= 0.3 is 5.97 Å². The van der Waals surface area contributed by atoms with Crippen LogP contribution < -0.4 is 5.32 Å². The minimum atomic E-state index is -0.833. The van der Waals surface area contributed by atoms with Gasteiger partial charge in [-0.15, -0.1) is 0 Å². The molecule has 0 saturated carbocycles. The third kappa shape index (κ3) is 7.81. The monoisotopic (exact) mass is 305 g/mol. The molecule has 1 amide bonds. The number of benzene rings is 1. The number of hydrogen-bond acceptors (Lipinski definition) is 2. The first-order chi connectivity index (χ1) is 10.3. The lowest BCUT2D eigenvalue weighted by molar-refractivity contribution is -0.137. The molecule has 0 spiro atoms. The number of amides is 1. The van der Waals surface area contributed by atoms with Crippen LogP contribution in [0.5, 0.6) is 0 Å². The van der Waals surface area contributed by atoms with Crippen LogP contribution in [-0.4, -0.2) is 22.5 Å². The molecule has 1 rings (SSSR count). The molecule has 0 fully saturated rings. The van der Waals surface area contributed by atoms with Gasteiger partial charge in [-0.25, -0.2) is 0 Å². The van der Waals surface area contributed by atoms with E-state index in [4.69, 9.17) is 5.11 Å². The molecule has 0 bridgehead atoms. The van der Waals surface area contributed by atoms with Crippen LogP contribution in [0.4, 0.5) is 0 Å².